The highest BCUT2D eigenvalue weighted by Crippen LogP contribution is 2.29. The van der Waals surface area contributed by atoms with Gasteiger partial charge >= 0.3 is 5.97 Å². The Morgan fingerprint density at radius 1 is 1.33 bits per heavy atom. The van der Waals surface area contributed by atoms with E-state index in [4.69, 9.17) is 0 Å². The normalized spacial score (nSPS) is 14.3. The number of fused-ring (bicyclic) bond motifs is 1. The van der Waals surface area contributed by atoms with Crippen molar-refractivity contribution in [3.8, 4) is 0 Å². The summed E-state index contributed by atoms with van der Waals surface area (Å²) < 4.78 is 2.24. The van der Waals surface area contributed by atoms with Crippen LogP contribution in [0.3, 0.4) is 0 Å². The number of carboxylic acids is 1. The van der Waals surface area contributed by atoms with Crippen molar-refractivity contribution in [1.29, 1.82) is 0 Å². The monoisotopic (exact) mass is 288 g/mol. The minimum Gasteiger partial charge on any atom is -0.478 e. The van der Waals surface area contributed by atoms with Gasteiger partial charge in [0.25, 0.3) is 0 Å². The Labute approximate surface area is 125 Å². The highest BCUT2D eigenvalue weighted by molar-refractivity contribution is 6.01. The summed E-state index contributed by atoms with van der Waals surface area (Å²) in [5.41, 5.74) is 1.84. The Balaban J connectivity index is 2.69. The molecule has 2 aromatic rings. The molecule has 4 nitrogen and oxygen atoms in total. The third kappa shape index (κ3) is 2.80. The van der Waals surface area contributed by atoms with E-state index in [2.05, 4.69) is 37.2 Å². The molecule has 114 valence electrons. The number of hydrogen-bond acceptors (Lipinski definition) is 2. The number of hydrogen-bond donors (Lipinski definition) is 1. The zero-order valence-electron chi connectivity index (χ0n) is 13.3. The molecule has 1 N–H and O–H groups in total. The lowest BCUT2D eigenvalue weighted by Gasteiger charge is -2.23. The van der Waals surface area contributed by atoms with Gasteiger partial charge in [0.15, 0.2) is 0 Å². The van der Waals surface area contributed by atoms with E-state index < -0.39 is 5.97 Å². The van der Waals surface area contributed by atoms with Crippen LogP contribution in [-0.2, 0) is 6.42 Å². The highest BCUT2D eigenvalue weighted by Gasteiger charge is 2.21. The van der Waals surface area contributed by atoms with E-state index in [9.17, 15) is 9.90 Å². The molecule has 2 atom stereocenters. The predicted molar refractivity (Wildman–Crippen MR) is 84.9 cm³/mol. The minimum absolute atomic E-state index is 0.292. The van der Waals surface area contributed by atoms with Crippen LogP contribution in [0, 0.1) is 5.92 Å². The zero-order chi connectivity index (χ0) is 15.6. The van der Waals surface area contributed by atoms with E-state index in [-0.39, 0.29) is 0 Å². The van der Waals surface area contributed by atoms with Crippen molar-refractivity contribution in [1.82, 2.24) is 9.55 Å². The molecule has 0 aliphatic heterocycles. The van der Waals surface area contributed by atoms with Gasteiger partial charge in [0.2, 0.25) is 0 Å². The van der Waals surface area contributed by atoms with Crippen LogP contribution >= 0.6 is 0 Å². The summed E-state index contributed by atoms with van der Waals surface area (Å²) in [6, 6.07) is 5.73. The quantitative estimate of drug-likeness (QED) is 0.862. The molecule has 0 fully saturated rings. The second-order valence-corrected chi connectivity index (χ2v) is 5.75. The van der Waals surface area contributed by atoms with Crippen LogP contribution in [0.1, 0.15) is 62.8 Å². The number of imidazole rings is 1. The second kappa shape index (κ2) is 6.29. The molecule has 0 saturated carbocycles. The molecular weight excluding hydrogens is 264 g/mol. The molecule has 1 heterocycles. The third-order valence-corrected chi connectivity index (χ3v) is 4.37. The van der Waals surface area contributed by atoms with Crippen LogP contribution in [-0.4, -0.2) is 20.6 Å². The van der Waals surface area contributed by atoms with E-state index in [1.54, 1.807) is 6.07 Å². The Bertz CT molecular complexity index is 646. The fraction of sp³-hybridized carbons (Fsp3) is 0.529. The van der Waals surface area contributed by atoms with Crippen molar-refractivity contribution in [2.24, 2.45) is 5.92 Å². The number of carboxylic acid groups (broad SMARTS) is 1. The molecule has 0 spiro atoms. The number of aromatic nitrogens is 2. The third-order valence-electron chi connectivity index (χ3n) is 4.37. The summed E-state index contributed by atoms with van der Waals surface area (Å²) in [5.74, 6) is 0.602. The highest BCUT2D eigenvalue weighted by atomic mass is 16.4. The largest absolute Gasteiger partial charge is 0.478 e. The first kappa shape index (κ1) is 15.5. The van der Waals surface area contributed by atoms with Gasteiger partial charge in [0, 0.05) is 12.5 Å². The van der Waals surface area contributed by atoms with Crippen LogP contribution < -0.4 is 0 Å². The van der Waals surface area contributed by atoms with Crippen LogP contribution in [0.2, 0.25) is 0 Å². The number of rotatable bonds is 6. The van der Waals surface area contributed by atoms with Gasteiger partial charge in [-0.1, -0.05) is 33.3 Å². The Morgan fingerprint density at radius 2 is 2.05 bits per heavy atom. The van der Waals surface area contributed by atoms with E-state index in [1.807, 2.05) is 12.1 Å². The number of aromatic carboxylic acids is 1. The molecule has 0 aliphatic rings. The van der Waals surface area contributed by atoms with Crippen LogP contribution in [0.25, 0.3) is 11.0 Å². The predicted octanol–water partition coefficient (Wildman–Crippen LogP) is 4.29. The molecule has 0 radical (unpaired) electrons. The van der Waals surface area contributed by atoms with Gasteiger partial charge in [0.05, 0.1) is 11.1 Å². The molecule has 21 heavy (non-hydrogen) atoms. The fourth-order valence-electron chi connectivity index (χ4n) is 2.79. The lowest BCUT2D eigenvalue weighted by molar-refractivity contribution is 0.0699. The van der Waals surface area contributed by atoms with E-state index in [0.29, 0.717) is 23.0 Å². The van der Waals surface area contributed by atoms with E-state index in [0.717, 1.165) is 30.6 Å². The molecule has 1 aromatic heterocycles. The lowest BCUT2D eigenvalue weighted by Crippen LogP contribution is -2.16. The maximum atomic E-state index is 11.4. The number of aryl methyl sites for hydroxylation is 1. The first-order chi connectivity index (χ1) is 10.0. The minimum atomic E-state index is -0.913. The summed E-state index contributed by atoms with van der Waals surface area (Å²) in [6.45, 7) is 8.73. The van der Waals surface area contributed by atoms with Crippen LogP contribution in [0.5, 0.6) is 0 Å². The molecule has 0 saturated heterocycles. The first-order valence-electron chi connectivity index (χ1n) is 7.74. The van der Waals surface area contributed by atoms with Crippen molar-refractivity contribution in [2.45, 2.75) is 53.0 Å². The van der Waals surface area contributed by atoms with Gasteiger partial charge in [-0.05, 0) is 31.4 Å². The van der Waals surface area contributed by atoms with Crippen LogP contribution in [0.15, 0.2) is 18.2 Å². The molecule has 0 bridgehead atoms. The maximum Gasteiger partial charge on any atom is 0.337 e. The smallest absolute Gasteiger partial charge is 0.337 e. The van der Waals surface area contributed by atoms with Crippen molar-refractivity contribution < 1.29 is 9.90 Å². The molecule has 2 rings (SSSR count). The van der Waals surface area contributed by atoms with Crippen molar-refractivity contribution >= 4 is 17.0 Å². The number of para-hydroxylation sites is 1. The molecule has 0 amide bonds. The lowest BCUT2D eigenvalue weighted by atomic mass is 10.00. The molecule has 1 aromatic carbocycles. The average molecular weight is 288 g/mol. The van der Waals surface area contributed by atoms with Crippen molar-refractivity contribution in [3.05, 3.63) is 29.6 Å². The maximum absolute atomic E-state index is 11.4. The molecule has 4 heteroatoms. The van der Waals surface area contributed by atoms with Gasteiger partial charge in [-0.15, -0.1) is 0 Å². The summed E-state index contributed by atoms with van der Waals surface area (Å²) in [4.78, 5) is 16.0. The Morgan fingerprint density at radius 3 is 2.62 bits per heavy atom. The average Bonchev–Trinajstić information content (AvgIpc) is 2.83. The SMILES string of the molecule is CCCc1nc2c(C(=O)O)cccc2n1C(C)C(C)CC. The first-order valence-corrected chi connectivity index (χ1v) is 7.74. The van der Waals surface area contributed by atoms with Gasteiger partial charge in [-0.2, -0.15) is 0 Å². The van der Waals surface area contributed by atoms with Crippen molar-refractivity contribution in [3.63, 3.8) is 0 Å². The van der Waals surface area contributed by atoms with Crippen molar-refractivity contribution in [2.75, 3.05) is 0 Å². The van der Waals surface area contributed by atoms with Gasteiger partial charge < -0.3 is 9.67 Å². The van der Waals surface area contributed by atoms with Gasteiger partial charge in [-0.3, -0.25) is 0 Å². The summed E-state index contributed by atoms with van der Waals surface area (Å²) in [7, 11) is 0. The summed E-state index contributed by atoms with van der Waals surface area (Å²) >= 11 is 0. The number of benzene rings is 1. The number of carbonyl (C=O) groups is 1. The summed E-state index contributed by atoms with van der Waals surface area (Å²) in [6.07, 6.45) is 2.96. The Kier molecular flexibility index (Phi) is 4.66. The Hall–Kier alpha value is -1.84. The van der Waals surface area contributed by atoms with Gasteiger partial charge in [-0.25, -0.2) is 9.78 Å². The fourth-order valence-corrected chi connectivity index (χ4v) is 2.79. The molecule has 2 unspecified atom stereocenters. The molecular formula is C17H24N2O2. The standard InChI is InChI=1S/C17H24N2O2/c1-5-8-15-18-16-13(17(20)21)9-7-10-14(16)19(15)12(4)11(3)6-2/h7,9-12H,5-6,8H2,1-4H3,(H,20,21). The van der Waals surface area contributed by atoms with E-state index >= 15 is 0 Å². The van der Waals surface area contributed by atoms with Crippen LogP contribution in [0.4, 0.5) is 0 Å². The second-order valence-electron chi connectivity index (χ2n) is 5.75. The molecule has 0 aliphatic carbocycles. The zero-order valence-corrected chi connectivity index (χ0v) is 13.3. The topological polar surface area (TPSA) is 55.1 Å². The number of nitrogens with zero attached hydrogens (tertiary/aromatic N) is 2. The summed E-state index contributed by atoms with van der Waals surface area (Å²) in [5, 5.41) is 9.36. The van der Waals surface area contributed by atoms with Gasteiger partial charge in [0.1, 0.15) is 11.3 Å². The van der Waals surface area contributed by atoms with E-state index in [1.165, 1.54) is 0 Å².